The van der Waals surface area contributed by atoms with Crippen molar-refractivity contribution < 1.29 is 24.4 Å². The number of rotatable bonds is 2. The average Bonchev–Trinajstić information content (AvgIpc) is 2.51. The first-order valence-corrected chi connectivity index (χ1v) is 6.24. The zero-order chi connectivity index (χ0) is 16.0. The van der Waals surface area contributed by atoms with Crippen LogP contribution in [0.2, 0.25) is 0 Å². The number of methoxy groups -OCH3 is 1. The molecule has 7 heteroatoms. The van der Waals surface area contributed by atoms with Gasteiger partial charge in [0.2, 0.25) is 11.5 Å². The number of aromatic hydroxyl groups is 1. The zero-order valence-electron chi connectivity index (χ0n) is 11.3. The number of carbonyl (C=O) groups excluding carboxylic acids is 2. The highest BCUT2D eigenvalue weighted by atomic mass is 16.6. The minimum absolute atomic E-state index is 0.0655. The lowest BCUT2D eigenvalue weighted by Crippen LogP contribution is -2.22. The number of nitro benzene ring substituents is 1. The third kappa shape index (κ3) is 1.69. The summed E-state index contributed by atoms with van der Waals surface area (Å²) in [4.78, 5) is 35.6. The van der Waals surface area contributed by atoms with E-state index in [0.717, 1.165) is 6.07 Å². The van der Waals surface area contributed by atoms with Crippen molar-refractivity contribution in [2.45, 2.75) is 0 Å². The van der Waals surface area contributed by atoms with Gasteiger partial charge in [0.05, 0.1) is 17.6 Å². The number of ether oxygens (including phenoxy) is 1. The van der Waals surface area contributed by atoms with Crippen LogP contribution in [0.4, 0.5) is 5.69 Å². The summed E-state index contributed by atoms with van der Waals surface area (Å²) in [6, 6.07) is 6.95. The van der Waals surface area contributed by atoms with Crippen LogP contribution in [-0.4, -0.2) is 28.7 Å². The Morgan fingerprint density at radius 3 is 2.14 bits per heavy atom. The summed E-state index contributed by atoms with van der Waals surface area (Å²) in [6.07, 6.45) is 0. The molecule has 1 N–H and O–H groups in total. The molecule has 2 aromatic carbocycles. The molecule has 0 radical (unpaired) electrons. The molecule has 0 saturated carbocycles. The standard InChI is InChI=1S/C15H9NO6/c1-22-10-6-9(17)11-12(13(10)16(20)21)15(19)8-5-3-2-4-7(8)14(11)18/h2-6,17H,1H3. The number of carbonyl (C=O) groups is 2. The van der Waals surface area contributed by atoms with Gasteiger partial charge in [-0.1, -0.05) is 24.3 Å². The minimum atomic E-state index is -0.795. The van der Waals surface area contributed by atoms with E-state index in [1.165, 1.54) is 19.2 Å². The SMILES string of the molecule is COc1cc(O)c2c(c1[N+](=O)[O-])C(=O)c1ccccc1C2=O. The van der Waals surface area contributed by atoms with Crippen LogP contribution in [0.1, 0.15) is 31.8 Å². The van der Waals surface area contributed by atoms with Crippen molar-refractivity contribution >= 4 is 17.3 Å². The van der Waals surface area contributed by atoms with Crippen molar-refractivity contribution in [1.82, 2.24) is 0 Å². The van der Waals surface area contributed by atoms with E-state index in [2.05, 4.69) is 0 Å². The molecule has 110 valence electrons. The van der Waals surface area contributed by atoms with Crippen molar-refractivity contribution in [3.05, 3.63) is 62.7 Å². The van der Waals surface area contributed by atoms with Gasteiger partial charge in [-0.15, -0.1) is 0 Å². The van der Waals surface area contributed by atoms with Gasteiger partial charge in [0.1, 0.15) is 11.3 Å². The van der Waals surface area contributed by atoms with Crippen molar-refractivity contribution in [3.8, 4) is 11.5 Å². The number of nitrogens with zero attached hydrogens (tertiary/aromatic N) is 1. The summed E-state index contributed by atoms with van der Waals surface area (Å²) in [6.45, 7) is 0. The van der Waals surface area contributed by atoms with E-state index in [-0.39, 0.29) is 22.4 Å². The maximum atomic E-state index is 12.6. The van der Waals surface area contributed by atoms with Gasteiger partial charge in [-0.05, 0) is 0 Å². The van der Waals surface area contributed by atoms with E-state index in [1.54, 1.807) is 12.1 Å². The van der Waals surface area contributed by atoms with Crippen LogP contribution in [0.5, 0.6) is 11.5 Å². The van der Waals surface area contributed by atoms with E-state index in [4.69, 9.17) is 4.74 Å². The number of phenols is 1. The molecular formula is C15H9NO6. The number of phenolic OH excluding ortho intramolecular Hbond substituents is 1. The Labute approximate surface area is 123 Å². The van der Waals surface area contributed by atoms with Crippen LogP contribution in [0.15, 0.2) is 30.3 Å². The Balaban J connectivity index is 2.44. The highest BCUT2D eigenvalue weighted by Crippen LogP contribution is 2.43. The fraction of sp³-hybridized carbons (Fsp3) is 0.0667. The first-order chi connectivity index (χ1) is 10.5. The van der Waals surface area contributed by atoms with Crippen LogP contribution >= 0.6 is 0 Å². The van der Waals surface area contributed by atoms with Gasteiger partial charge < -0.3 is 9.84 Å². The van der Waals surface area contributed by atoms with Gasteiger partial charge in [-0.25, -0.2) is 0 Å². The Morgan fingerprint density at radius 1 is 1.09 bits per heavy atom. The Kier molecular flexibility index (Phi) is 2.91. The van der Waals surface area contributed by atoms with Crippen LogP contribution in [-0.2, 0) is 0 Å². The molecule has 0 aliphatic heterocycles. The van der Waals surface area contributed by atoms with E-state index in [1.807, 2.05) is 0 Å². The van der Waals surface area contributed by atoms with Gasteiger partial charge in [0.15, 0.2) is 5.78 Å². The van der Waals surface area contributed by atoms with Gasteiger partial charge in [0.25, 0.3) is 0 Å². The van der Waals surface area contributed by atoms with Crippen molar-refractivity contribution in [2.75, 3.05) is 7.11 Å². The molecule has 0 heterocycles. The largest absolute Gasteiger partial charge is 0.507 e. The van der Waals surface area contributed by atoms with Gasteiger partial charge >= 0.3 is 5.69 Å². The maximum absolute atomic E-state index is 12.6. The fourth-order valence-corrected chi connectivity index (χ4v) is 2.57. The molecule has 0 aromatic heterocycles. The number of benzene rings is 2. The third-order valence-corrected chi connectivity index (χ3v) is 3.52. The van der Waals surface area contributed by atoms with E-state index in [9.17, 15) is 24.8 Å². The number of nitro groups is 1. The lowest BCUT2D eigenvalue weighted by molar-refractivity contribution is -0.386. The van der Waals surface area contributed by atoms with Crippen LogP contribution in [0.3, 0.4) is 0 Å². The van der Waals surface area contributed by atoms with E-state index >= 15 is 0 Å². The molecule has 1 aliphatic carbocycles. The number of fused-ring (bicyclic) bond motifs is 2. The van der Waals surface area contributed by atoms with Crippen LogP contribution in [0.25, 0.3) is 0 Å². The van der Waals surface area contributed by atoms with E-state index in [0.29, 0.717) is 0 Å². The molecule has 0 amide bonds. The first-order valence-electron chi connectivity index (χ1n) is 6.24. The summed E-state index contributed by atoms with van der Waals surface area (Å²) in [5, 5.41) is 21.3. The summed E-state index contributed by atoms with van der Waals surface area (Å²) in [5.41, 5.74) is -1.25. The second kappa shape index (κ2) is 4.66. The Hall–Kier alpha value is -3.22. The molecule has 0 atom stereocenters. The average molecular weight is 299 g/mol. The second-order valence-electron chi connectivity index (χ2n) is 4.66. The lowest BCUT2D eigenvalue weighted by Gasteiger charge is -2.19. The summed E-state index contributed by atoms with van der Waals surface area (Å²) in [5.74, 6) is -2.12. The predicted octanol–water partition coefficient (Wildman–Crippen LogP) is 2.08. The second-order valence-corrected chi connectivity index (χ2v) is 4.66. The van der Waals surface area contributed by atoms with Crippen LogP contribution < -0.4 is 4.74 Å². The van der Waals surface area contributed by atoms with Crippen molar-refractivity contribution in [2.24, 2.45) is 0 Å². The Bertz CT molecular complexity index is 855. The molecule has 0 bridgehead atoms. The molecule has 2 aromatic rings. The summed E-state index contributed by atoms with van der Waals surface area (Å²) >= 11 is 0. The maximum Gasteiger partial charge on any atom is 0.323 e. The molecule has 0 fully saturated rings. The number of hydrogen-bond donors (Lipinski definition) is 1. The normalized spacial score (nSPS) is 12.6. The highest BCUT2D eigenvalue weighted by molar-refractivity contribution is 6.31. The molecule has 1 aliphatic rings. The first kappa shape index (κ1) is 13.7. The topological polar surface area (TPSA) is 107 Å². The third-order valence-electron chi connectivity index (χ3n) is 3.52. The highest BCUT2D eigenvalue weighted by Gasteiger charge is 2.40. The molecule has 3 rings (SSSR count). The van der Waals surface area contributed by atoms with E-state index < -0.39 is 33.5 Å². The molecule has 7 nitrogen and oxygen atoms in total. The lowest BCUT2D eigenvalue weighted by atomic mass is 9.82. The van der Waals surface area contributed by atoms with Crippen molar-refractivity contribution in [1.29, 1.82) is 0 Å². The molecule has 0 spiro atoms. The monoisotopic (exact) mass is 299 g/mol. The van der Waals surface area contributed by atoms with Crippen LogP contribution in [0, 0.1) is 10.1 Å². The molecular weight excluding hydrogens is 290 g/mol. The smallest absolute Gasteiger partial charge is 0.323 e. The van der Waals surface area contributed by atoms with Crippen molar-refractivity contribution in [3.63, 3.8) is 0 Å². The fourth-order valence-electron chi connectivity index (χ4n) is 2.57. The zero-order valence-corrected chi connectivity index (χ0v) is 11.3. The number of hydrogen-bond acceptors (Lipinski definition) is 6. The Morgan fingerprint density at radius 2 is 1.64 bits per heavy atom. The van der Waals surface area contributed by atoms with Gasteiger partial charge in [-0.2, -0.15) is 0 Å². The molecule has 22 heavy (non-hydrogen) atoms. The molecule has 0 saturated heterocycles. The van der Waals surface area contributed by atoms with Gasteiger partial charge in [-0.3, -0.25) is 19.7 Å². The summed E-state index contributed by atoms with van der Waals surface area (Å²) in [7, 11) is 1.18. The van der Waals surface area contributed by atoms with Gasteiger partial charge in [0, 0.05) is 17.2 Å². The number of ketones is 2. The summed E-state index contributed by atoms with van der Waals surface area (Å²) < 4.78 is 4.86. The molecule has 0 unspecified atom stereocenters. The quantitative estimate of drug-likeness (QED) is 0.573. The minimum Gasteiger partial charge on any atom is -0.507 e. The predicted molar refractivity (Wildman–Crippen MR) is 74.6 cm³/mol.